The summed E-state index contributed by atoms with van der Waals surface area (Å²) in [6, 6.07) is 13.4. The molecule has 2 aromatic heterocycles. The van der Waals surface area contributed by atoms with E-state index in [1.807, 2.05) is 37.3 Å². The molecular formula is C18H21N5O3S. The average molecular weight is 387 g/mol. The summed E-state index contributed by atoms with van der Waals surface area (Å²) in [6.45, 7) is 6.58. The van der Waals surface area contributed by atoms with Crippen molar-refractivity contribution in [2.75, 3.05) is 16.2 Å². The van der Waals surface area contributed by atoms with Gasteiger partial charge < -0.3 is 9.42 Å². The van der Waals surface area contributed by atoms with E-state index >= 15 is 0 Å². The highest BCUT2D eigenvalue weighted by Crippen LogP contribution is 2.22. The zero-order valence-electron chi connectivity index (χ0n) is 15.4. The molecule has 27 heavy (non-hydrogen) atoms. The number of hydrogen-bond donors (Lipinski definition) is 1. The summed E-state index contributed by atoms with van der Waals surface area (Å²) in [6.07, 6.45) is 0. The van der Waals surface area contributed by atoms with Crippen LogP contribution in [0.5, 0.6) is 0 Å². The van der Waals surface area contributed by atoms with Crippen molar-refractivity contribution in [3.8, 4) is 0 Å². The summed E-state index contributed by atoms with van der Waals surface area (Å²) >= 11 is 0. The van der Waals surface area contributed by atoms with Crippen LogP contribution in [0.15, 0.2) is 51.9 Å². The van der Waals surface area contributed by atoms with E-state index in [1.165, 1.54) is 0 Å². The molecular weight excluding hydrogens is 366 g/mol. The Balaban J connectivity index is 1.76. The second kappa shape index (κ2) is 7.75. The number of rotatable bonds is 7. The SMILES string of the molecule is CCN(Cc1ccccc1)c1ccc(NS(=O)(=O)c2c(C)noc2C)nn1. The lowest BCUT2D eigenvalue weighted by molar-refractivity contribution is 0.390. The molecule has 0 aliphatic carbocycles. The lowest BCUT2D eigenvalue weighted by Crippen LogP contribution is -2.23. The second-order valence-electron chi connectivity index (χ2n) is 6.04. The maximum atomic E-state index is 12.5. The molecule has 0 saturated carbocycles. The van der Waals surface area contributed by atoms with Crippen LogP contribution in [0, 0.1) is 13.8 Å². The van der Waals surface area contributed by atoms with Crippen molar-refractivity contribution in [2.45, 2.75) is 32.2 Å². The van der Waals surface area contributed by atoms with Gasteiger partial charge in [0.2, 0.25) is 0 Å². The molecule has 9 heteroatoms. The smallest absolute Gasteiger partial charge is 0.268 e. The summed E-state index contributed by atoms with van der Waals surface area (Å²) in [5.74, 6) is 1.03. The standard InChI is InChI=1S/C18H21N5O3S/c1-4-23(12-15-8-6-5-7-9-15)17-11-10-16(19-20-17)22-27(24,25)18-13(2)21-26-14(18)3/h5-11H,4,12H2,1-3H3,(H,19,22). The average Bonchev–Trinajstić information content (AvgIpc) is 3.00. The number of nitrogens with one attached hydrogen (secondary N) is 1. The molecule has 142 valence electrons. The van der Waals surface area contributed by atoms with E-state index in [0.717, 1.165) is 12.1 Å². The van der Waals surface area contributed by atoms with Crippen LogP contribution >= 0.6 is 0 Å². The van der Waals surface area contributed by atoms with Gasteiger partial charge in [0, 0.05) is 13.1 Å². The van der Waals surface area contributed by atoms with Crippen LogP contribution in [0.3, 0.4) is 0 Å². The summed E-state index contributed by atoms with van der Waals surface area (Å²) < 4.78 is 32.4. The molecule has 0 unspecified atom stereocenters. The fourth-order valence-electron chi connectivity index (χ4n) is 2.75. The van der Waals surface area contributed by atoms with Crippen LogP contribution in [0.4, 0.5) is 11.6 Å². The monoisotopic (exact) mass is 387 g/mol. The van der Waals surface area contributed by atoms with Crippen LogP contribution in [0.1, 0.15) is 23.9 Å². The molecule has 0 amide bonds. The van der Waals surface area contributed by atoms with Crippen LogP contribution in [-0.2, 0) is 16.6 Å². The van der Waals surface area contributed by atoms with Gasteiger partial charge in [0.15, 0.2) is 22.3 Å². The fourth-order valence-corrected chi connectivity index (χ4v) is 4.08. The zero-order valence-corrected chi connectivity index (χ0v) is 16.2. The van der Waals surface area contributed by atoms with Crippen molar-refractivity contribution in [3.05, 3.63) is 59.5 Å². The molecule has 0 aliphatic rings. The Morgan fingerprint density at radius 3 is 2.37 bits per heavy atom. The lowest BCUT2D eigenvalue weighted by Gasteiger charge is -2.21. The second-order valence-corrected chi connectivity index (χ2v) is 7.65. The topological polar surface area (TPSA) is 101 Å². The number of nitrogens with zero attached hydrogens (tertiary/aromatic N) is 4. The van der Waals surface area contributed by atoms with E-state index in [9.17, 15) is 8.42 Å². The molecule has 1 N–H and O–H groups in total. The van der Waals surface area contributed by atoms with Gasteiger partial charge in [-0.15, -0.1) is 10.2 Å². The first-order valence-electron chi connectivity index (χ1n) is 8.49. The van der Waals surface area contributed by atoms with Crippen LogP contribution in [0.25, 0.3) is 0 Å². The van der Waals surface area contributed by atoms with E-state index in [-0.39, 0.29) is 16.5 Å². The molecule has 1 aromatic carbocycles. The van der Waals surface area contributed by atoms with Crippen LogP contribution in [0.2, 0.25) is 0 Å². The Labute approximate surface area is 158 Å². The van der Waals surface area contributed by atoms with Crippen molar-refractivity contribution >= 4 is 21.7 Å². The molecule has 8 nitrogen and oxygen atoms in total. The van der Waals surface area contributed by atoms with E-state index in [0.29, 0.717) is 18.1 Å². The summed E-state index contributed by atoms with van der Waals surface area (Å²) in [7, 11) is -3.84. The van der Waals surface area contributed by atoms with Gasteiger partial charge in [0.25, 0.3) is 10.0 Å². The Morgan fingerprint density at radius 1 is 1.07 bits per heavy atom. The fraction of sp³-hybridized carbons (Fsp3) is 0.278. The number of sulfonamides is 1. The largest absolute Gasteiger partial charge is 0.360 e. The zero-order chi connectivity index (χ0) is 19.4. The maximum Gasteiger partial charge on any atom is 0.268 e. The minimum absolute atomic E-state index is 0.0210. The van der Waals surface area contributed by atoms with E-state index in [1.54, 1.807) is 26.0 Å². The highest BCUT2D eigenvalue weighted by Gasteiger charge is 2.24. The minimum Gasteiger partial charge on any atom is -0.360 e. The third-order valence-corrected chi connectivity index (χ3v) is 5.65. The van der Waals surface area contributed by atoms with Crippen molar-refractivity contribution in [1.29, 1.82) is 0 Å². The predicted molar refractivity (Wildman–Crippen MR) is 102 cm³/mol. The summed E-state index contributed by atoms with van der Waals surface area (Å²) in [4.78, 5) is 2.07. The maximum absolute atomic E-state index is 12.5. The minimum atomic E-state index is -3.84. The summed E-state index contributed by atoms with van der Waals surface area (Å²) in [5, 5.41) is 11.9. The Kier molecular flexibility index (Phi) is 5.41. The Bertz CT molecular complexity index is 982. The molecule has 0 aliphatic heterocycles. The number of aromatic nitrogens is 3. The molecule has 0 radical (unpaired) electrons. The first-order chi connectivity index (χ1) is 12.9. The molecule has 3 aromatic rings. The highest BCUT2D eigenvalue weighted by atomic mass is 32.2. The number of benzene rings is 1. The van der Waals surface area contributed by atoms with Crippen LogP contribution < -0.4 is 9.62 Å². The molecule has 0 bridgehead atoms. The quantitative estimate of drug-likeness (QED) is 0.665. The van der Waals surface area contributed by atoms with Gasteiger partial charge in [-0.05, 0) is 38.5 Å². The number of aryl methyl sites for hydroxylation is 2. The highest BCUT2D eigenvalue weighted by molar-refractivity contribution is 7.92. The Hall–Kier alpha value is -2.94. The van der Waals surface area contributed by atoms with Crippen molar-refractivity contribution in [3.63, 3.8) is 0 Å². The molecule has 0 spiro atoms. The van der Waals surface area contributed by atoms with E-state index in [2.05, 4.69) is 25.0 Å². The van der Waals surface area contributed by atoms with Gasteiger partial charge in [0.05, 0.1) is 0 Å². The van der Waals surface area contributed by atoms with Gasteiger partial charge in [-0.25, -0.2) is 8.42 Å². The number of anilines is 2. The Morgan fingerprint density at radius 2 is 1.81 bits per heavy atom. The molecule has 3 rings (SSSR count). The van der Waals surface area contributed by atoms with Crippen molar-refractivity contribution in [2.24, 2.45) is 0 Å². The molecule has 0 saturated heterocycles. The molecule has 0 fully saturated rings. The molecule has 0 atom stereocenters. The van der Waals surface area contributed by atoms with Gasteiger partial charge >= 0.3 is 0 Å². The third-order valence-electron chi connectivity index (χ3n) is 4.05. The van der Waals surface area contributed by atoms with Crippen LogP contribution in [-0.4, -0.2) is 30.3 Å². The molecule has 2 heterocycles. The van der Waals surface area contributed by atoms with Crippen molar-refractivity contribution < 1.29 is 12.9 Å². The van der Waals surface area contributed by atoms with Gasteiger partial charge in [-0.2, -0.15) is 0 Å². The first-order valence-corrected chi connectivity index (χ1v) is 9.97. The normalized spacial score (nSPS) is 11.4. The lowest BCUT2D eigenvalue weighted by atomic mass is 10.2. The summed E-state index contributed by atoms with van der Waals surface area (Å²) in [5.41, 5.74) is 1.45. The van der Waals surface area contributed by atoms with Gasteiger partial charge in [-0.1, -0.05) is 35.5 Å². The first kappa shape index (κ1) is 18.8. The van der Waals surface area contributed by atoms with E-state index in [4.69, 9.17) is 4.52 Å². The van der Waals surface area contributed by atoms with E-state index < -0.39 is 10.0 Å². The van der Waals surface area contributed by atoms with Gasteiger partial charge in [0.1, 0.15) is 5.69 Å². The van der Waals surface area contributed by atoms with Gasteiger partial charge in [-0.3, -0.25) is 4.72 Å². The third kappa shape index (κ3) is 4.25. The number of hydrogen-bond acceptors (Lipinski definition) is 7. The predicted octanol–water partition coefficient (Wildman–Crippen LogP) is 2.91. The van der Waals surface area contributed by atoms with Crippen molar-refractivity contribution in [1.82, 2.24) is 15.4 Å².